The Labute approximate surface area is 88.5 Å². The van der Waals surface area contributed by atoms with E-state index in [1.54, 1.807) is 12.1 Å². The molecule has 14 heavy (non-hydrogen) atoms. The van der Waals surface area contributed by atoms with Crippen molar-refractivity contribution in [3.63, 3.8) is 0 Å². The van der Waals surface area contributed by atoms with Gasteiger partial charge in [-0.2, -0.15) is 0 Å². The third-order valence-electron chi connectivity index (χ3n) is 1.69. The molecule has 1 aromatic rings. The van der Waals surface area contributed by atoms with Gasteiger partial charge in [0.25, 0.3) is 0 Å². The summed E-state index contributed by atoms with van der Waals surface area (Å²) in [6.07, 6.45) is 0. The van der Waals surface area contributed by atoms with Gasteiger partial charge in [0.05, 0.1) is 20.8 Å². The monoisotopic (exact) mass is 215 g/mol. The van der Waals surface area contributed by atoms with Gasteiger partial charge in [0.1, 0.15) is 22.3 Å². The molecule has 0 heterocycles. The van der Waals surface area contributed by atoms with E-state index in [1.807, 2.05) is 0 Å². The second kappa shape index (κ2) is 4.96. The number of hydrogen-bond donors (Lipinski definition) is 0. The lowest BCUT2D eigenvalue weighted by Gasteiger charge is -2.11. The number of rotatable bonds is 4. The van der Waals surface area contributed by atoms with Crippen molar-refractivity contribution in [1.82, 2.24) is 0 Å². The highest BCUT2D eigenvalue weighted by atomic mass is 35.5. The molecule has 0 saturated heterocycles. The maximum atomic E-state index is 5.96. The van der Waals surface area contributed by atoms with Gasteiger partial charge in [0, 0.05) is 12.1 Å². The van der Waals surface area contributed by atoms with E-state index >= 15 is 0 Å². The van der Waals surface area contributed by atoms with Crippen LogP contribution < -0.4 is 14.2 Å². The van der Waals surface area contributed by atoms with Crippen molar-refractivity contribution in [3.05, 3.63) is 24.1 Å². The molecule has 3 nitrogen and oxygen atoms in total. The average Bonchev–Trinajstić information content (AvgIpc) is 2.20. The number of benzene rings is 1. The number of halogens is 1. The molecule has 0 unspecified atom stereocenters. The maximum Gasteiger partial charge on any atom is 0.144 e. The summed E-state index contributed by atoms with van der Waals surface area (Å²) >= 11 is 5.96. The fourth-order valence-corrected chi connectivity index (χ4v) is 1.31. The largest absolute Gasteiger partial charge is 0.495 e. The predicted octanol–water partition coefficient (Wildman–Crippen LogP) is 2.57. The molecule has 0 fully saturated rings. The molecule has 0 saturated carbocycles. The third-order valence-corrected chi connectivity index (χ3v) is 2.06. The topological polar surface area (TPSA) is 27.7 Å². The van der Waals surface area contributed by atoms with Crippen molar-refractivity contribution in [3.8, 4) is 17.2 Å². The normalized spacial score (nSPS) is 9.71. The molecule has 0 spiro atoms. The Morgan fingerprint density at radius 3 is 2.07 bits per heavy atom. The summed E-state index contributed by atoms with van der Waals surface area (Å²) < 4.78 is 15.3. The minimum atomic E-state index is 0.341. The van der Waals surface area contributed by atoms with E-state index in [1.165, 1.54) is 14.2 Å². The molecule has 0 amide bonds. The van der Waals surface area contributed by atoms with Crippen LogP contribution in [0, 0.1) is 6.92 Å². The summed E-state index contributed by atoms with van der Waals surface area (Å²) in [6, 6.07) is 3.38. The van der Waals surface area contributed by atoms with Crippen molar-refractivity contribution in [1.29, 1.82) is 0 Å². The Hall–Kier alpha value is -1.09. The first-order chi connectivity index (χ1) is 6.72. The Balaban J connectivity index is 3.11. The van der Waals surface area contributed by atoms with E-state index in [4.69, 9.17) is 25.8 Å². The van der Waals surface area contributed by atoms with Crippen LogP contribution in [0.1, 0.15) is 0 Å². The first-order valence-electron chi connectivity index (χ1n) is 4.06. The second-order valence-corrected chi connectivity index (χ2v) is 2.87. The molecule has 0 bridgehead atoms. The molecule has 0 aliphatic rings. The van der Waals surface area contributed by atoms with Crippen LogP contribution in [0.5, 0.6) is 17.2 Å². The summed E-state index contributed by atoms with van der Waals surface area (Å²) in [5, 5.41) is 0.436. The fourth-order valence-electron chi connectivity index (χ4n) is 1.05. The molecular formula is C10H12ClO3. The van der Waals surface area contributed by atoms with Crippen LogP contribution in [0.15, 0.2) is 12.1 Å². The van der Waals surface area contributed by atoms with Crippen LogP contribution in [-0.4, -0.2) is 20.8 Å². The minimum Gasteiger partial charge on any atom is -0.495 e. The highest BCUT2D eigenvalue weighted by molar-refractivity contribution is 6.33. The fraction of sp³-hybridized carbons (Fsp3) is 0.300. The first kappa shape index (κ1) is 11.0. The Bertz CT molecular complexity index is 287. The Morgan fingerprint density at radius 2 is 1.71 bits per heavy atom. The highest BCUT2D eigenvalue weighted by Crippen LogP contribution is 2.37. The van der Waals surface area contributed by atoms with Crippen LogP contribution >= 0.6 is 11.6 Å². The van der Waals surface area contributed by atoms with Crippen molar-refractivity contribution in [2.24, 2.45) is 0 Å². The third kappa shape index (κ3) is 2.23. The molecule has 1 rings (SSSR count). The van der Waals surface area contributed by atoms with Gasteiger partial charge >= 0.3 is 0 Å². The van der Waals surface area contributed by atoms with Crippen LogP contribution in [0.4, 0.5) is 0 Å². The Morgan fingerprint density at radius 1 is 1.21 bits per heavy atom. The van der Waals surface area contributed by atoms with Gasteiger partial charge in [-0.3, -0.25) is 0 Å². The van der Waals surface area contributed by atoms with Crippen LogP contribution in [0.3, 0.4) is 0 Å². The highest BCUT2D eigenvalue weighted by Gasteiger charge is 2.10. The van der Waals surface area contributed by atoms with Crippen LogP contribution in [0.25, 0.3) is 0 Å². The zero-order valence-electron chi connectivity index (χ0n) is 8.17. The molecule has 1 radical (unpaired) electrons. The van der Waals surface area contributed by atoms with Gasteiger partial charge in [0.15, 0.2) is 0 Å². The number of methoxy groups -OCH3 is 2. The standard InChI is InChI=1S/C10H12ClO3/c1-4-14-7-5-8(12-2)10(11)9(6-7)13-3/h5-6H,1,4H2,2-3H3. The maximum absolute atomic E-state index is 5.96. The van der Waals surface area contributed by atoms with Gasteiger partial charge in [-0.15, -0.1) is 0 Å². The molecule has 77 valence electrons. The van der Waals surface area contributed by atoms with Crippen molar-refractivity contribution >= 4 is 11.6 Å². The quantitative estimate of drug-likeness (QED) is 0.773. The second-order valence-electron chi connectivity index (χ2n) is 2.49. The lowest BCUT2D eigenvalue weighted by Crippen LogP contribution is -1.95. The molecular weight excluding hydrogens is 204 g/mol. The SMILES string of the molecule is [CH2]COc1cc(OC)c(Cl)c(OC)c1. The summed E-state index contributed by atoms with van der Waals surface area (Å²) in [4.78, 5) is 0. The summed E-state index contributed by atoms with van der Waals surface area (Å²) in [6.45, 7) is 3.92. The van der Waals surface area contributed by atoms with E-state index in [9.17, 15) is 0 Å². The van der Waals surface area contributed by atoms with E-state index in [0.29, 0.717) is 28.9 Å². The van der Waals surface area contributed by atoms with Crippen molar-refractivity contribution in [2.45, 2.75) is 0 Å². The van der Waals surface area contributed by atoms with E-state index in [-0.39, 0.29) is 0 Å². The van der Waals surface area contributed by atoms with Crippen molar-refractivity contribution in [2.75, 3.05) is 20.8 Å². The van der Waals surface area contributed by atoms with Gasteiger partial charge < -0.3 is 14.2 Å². The van der Waals surface area contributed by atoms with E-state index in [2.05, 4.69) is 6.92 Å². The molecule has 0 aliphatic carbocycles. The van der Waals surface area contributed by atoms with Gasteiger partial charge in [-0.05, 0) is 6.92 Å². The summed E-state index contributed by atoms with van der Waals surface area (Å²) in [5.74, 6) is 1.67. The van der Waals surface area contributed by atoms with Gasteiger partial charge in [-0.1, -0.05) is 11.6 Å². The number of ether oxygens (including phenoxy) is 3. The summed E-state index contributed by atoms with van der Waals surface area (Å²) in [5.41, 5.74) is 0. The molecule has 0 aromatic heterocycles. The lowest BCUT2D eigenvalue weighted by atomic mass is 10.3. The van der Waals surface area contributed by atoms with Gasteiger partial charge in [-0.25, -0.2) is 0 Å². The van der Waals surface area contributed by atoms with E-state index < -0.39 is 0 Å². The zero-order valence-corrected chi connectivity index (χ0v) is 8.93. The van der Waals surface area contributed by atoms with Gasteiger partial charge in [0.2, 0.25) is 0 Å². The zero-order chi connectivity index (χ0) is 10.6. The molecule has 4 heteroatoms. The van der Waals surface area contributed by atoms with Crippen LogP contribution in [0.2, 0.25) is 5.02 Å². The van der Waals surface area contributed by atoms with Crippen molar-refractivity contribution < 1.29 is 14.2 Å². The predicted molar refractivity (Wildman–Crippen MR) is 55.4 cm³/mol. The Kier molecular flexibility index (Phi) is 3.89. The minimum absolute atomic E-state index is 0.341. The van der Waals surface area contributed by atoms with E-state index in [0.717, 1.165) is 0 Å². The summed E-state index contributed by atoms with van der Waals surface area (Å²) in [7, 11) is 3.07. The molecule has 1 aromatic carbocycles. The van der Waals surface area contributed by atoms with Crippen LogP contribution in [-0.2, 0) is 0 Å². The first-order valence-corrected chi connectivity index (χ1v) is 4.44. The number of hydrogen-bond acceptors (Lipinski definition) is 3. The lowest BCUT2D eigenvalue weighted by molar-refractivity contribution is 0.347. The average molecular weight is 216 g/mol. The molecule has 0 aliphatic heterocycles. The molecule has 0 N–H and O–H groups in total. The smallest absolute Gasteiger partial charge is 0.144 e. The molecule has 0 atom stereocenters.